The van der Waals surface area contributed by atoms with Crippen LogP contribution in [0.25, 0.3) is 0 Å². The van der Waals surface area contributed by atoms with Crippen LogP contribution in [0.1, 0.15) is 12.0 Å². The maximum Gasteiger partial charge on any atom is 0.401 e. The SMILES string of the molecule is O=[N+]([O-])c1cccc(CNCC2CCN(CC(F)(F)F)C2)c1. The molecule has 122 valence electrons. The van der Waals surface area contributed by atoms with Gasteiger partial charge in [0.25, 0.3) is 5.69 Å². The standard InChI is InChI=1S/C14H18F3N3O2/c15-14(16,17)10-19-5-4-12(9-19)8-18-7-11-2-1-3-13(6-11)20(21)22/h1-3,6,12,18H,4-5,7-10H2. The smallest absolute Gasteiger partial charge is 0.312 e. The summed E-state index contributed by atoms with van der Waals surface area (Å²) in [6.45, 7) is 1.12. The molecule has 1 aromatic carbocycles. The van der Waals surface area contributed by atoms with E-state index in [9.17, 15) is 23.3 Å². The van der Waals surface area contributed by atoms with Crippen molar-refractivity contribution in [3.63, 3.8) is 0 Å². The van der Waals surface area contributed by atoms with Gasteiger partial charge in [-0.1, -0.05) is 12.1 Å². The highest BCUT2D eigenvalue weighted by molar-refractivity contribution is 5.34. The van der Waals surface area contributed by atoms with Gasteiger partial charge in [0, 0.05) is 25.2 Å². The molecule has 8 heteroatoms. The van der Waals surface area contributed by atoms with Crippen LogP contribution in [0, 0.1) is 16.0 Å². The Morgan fingerprint density at radius 3 is 2.86 bits per heavy atom. The Morgan fingerprint density at radius 1 is 1.41 bits per heavy atom. The van der Waals surface area contributed by atoms with Crippen LogP contribution in [-0.2, 0) is 6.54 Å². The highest BCUT2D eigenvalue weighted by Crippen LogP contribution is 2.22. The van der Waals surface area contributed by atoms with E-state index < -0.39 is 17.6 Å². The predicted octanol–water partition coefficient (Wildman–Crippen LogP) is 2.57. The van der Waals surface area contributed by atoms with Crippen molar-refractivity contribution in [3.8, 4) is 0 Å². The molecule has 1 N–H and O–H groups in total. The summed E-state index contributed by atoms with van der Waals surface area (Å²) in [6.07, 6.45) is -3.41. The Labute approximate surface area is 126 Å². The third-order valence-corrected chi connectivity index (χ3v) is 3.66. The monoisotopic (exact) mass is 317 g/mol. The lowest BCUT2D eigenvalue weighted by Gasteiger charge is -2.18. The highest BCUT2D eigenvalue weighted by atomic mass is 19.4. The van der Waals surface area contributed by atoms with Crippen LogP contribution >= 0.6 is 0 Å². The zero-order valence-electron chi connectivity index (χ0n) is 12.0. The van der Waals surface area contributed by atoms with Crippen molar-refractivity contribution in [2.75, 3.05) is 26.2 Å². The Hall–Kier alpha value is -1.67. The van der Waals surface area contributed by atoms with Crippen molar-refractivity contribution < 1.29 is 18.1 Å². The van der Waals surface area contributed by atoms with E-state index in [1.54, 1.807) is 12.1 Å². The molecule has 1 atom stereocenters. The van der Waals surface area contributed by atoms with Gasteiger partial charge in [0.05, 0.1) is 11.5 Å². The number of nitrogens with one attached hydrogen (secondary N) is 1. The van der Waals surface area contributed by atoms with E-state index in [-0.39, 0.29) is 11.6 Å². The van der Waals surface area contributed by atoms with Gasteiger partial charge in [0.15, 0.2) is 0 Å². The molecule has 1 saturated heterocycles. The molecule has 0 bridgehead atoms. The first-order chi connectivity index (χ1) is 10.3. The fourth-order valence-corrected chi connectivity index (χ4v) is 2.68. The summed E-state index contributed by atoms with van der Waals surface area (Å²) < 4.78 is 36.9. The number of nitrogens with zero attached hydrogens (tertiary/aromatic N) is 2. The van der Waals surface area contributed by atoms with Crippen LogP contribution in [0.2, 0.25) is 0 Å². The molecule has 0 saturated carbocycles. The largest absolute Gasteiger partial charge is 0.401 e. The molecular formula is C14H18F3N3O2. The Kier molecular flexibility index (Phi) is 5.36. The highest BCUT2D eigenvalue weighted by Gasteiger charge is 2.34. The number of hydrogen-bond donors (Lipinski definition) is 1. The van der Waals surface area contributed by atoms with Gasteiger partial charge in [-0.25, -0.2) is 0 Å². The molecule has 2 rings (SSSR count). The number of non-ortho nitro benzene ring substituents is 1. The van der Waals surface area contributed by atoms with E-state index in [1.165, 1.54) is 17.0 Å². The van der Waals surface area contributed by atoms with E-state index >= 15 is 0 Å². The van der Waals surface area contributed by atoms with E-state index in [2.05, 4.69) is 5.32 Å². The van der Waals surface area contributed by atoms with Gasteiger partial charge in [-0.2, -0.15) is 13.2 Å². The molecule has 1 aliphatic rings. The first-order valence-electron chi connectivity index (χ1n) is 7.06. The van der Waals surface area contributed by atoms with Crippen molar-refractivity contribution >= 4 is 5.69 Å². The molecular weight excluding hydrogens is 299 g/mol. The van der Waals surface area contributed by atoms with Gasteiger partial charge in [-0.15, -0.1) is 0 Å². The summed E-state index contributed by atoms with van der Waals surface area (Å²) in [4.78, 5) is 11.6. The van der Waals surface area contributed by atoms with Crippen LogP contribution in [0.4, 0.5) is 18.9 Å². The fourth-order valence-electron chi connectivity index (χ4n) is 2.68. The average molecular weight is 317 g/mol. The number of likely N-dealkylation sites (tertiary alicyclic amines) is 1. The Morgan fingerprint density at radius 2 is 2.18 bits per heavy atom. The number of rotatable bonds is 6. The number of benzene rings is 1. The van der Waals surface area contributed by atoms with Gasteiger partial charge in [-0.3, -0.25) is 15.0 Å². The van der Waals surface area contributed by atoms with Crippen molar-refractivity contribution in [3.05, 3.63) is 39.9 Å². The maximum absolute atomic E-state index is 12.3. The van der Waals surface area contributed by atoms with Crippen molar-refractivity contribution in [1.29, 1.82) is 0 Å². The van der Waals surface area contributed by atoms with Crippen LogP contribution in [0.3, 0.4) is 0 Å². The lowest BCUT2D eigenvalue weighted by molar-refractivity contribution is -0.384. The summed E-state index contributed by atoms with van der Waals surface area (Å²) in [6, 6.07) is 6.33. The zero-order valence-corrected chi connectivity index (χ0v) is 12.0. The van der Waals surface area contributed by atoms with Gasteiger partial charge < -0.3 is 5.32 Å². The summed E-state index contributed by atoms with van der Waals surface area (Å²) in [5.74, 6) is 0.182. The molecule has 0 aliphatic carbocycles. The fraction of sp³-hybridized carbons (Fsp3) is 0.571. The van der Waals surface area contributed by atoms with Crippen LogP contribution < -0.4 is 5.32 Å². The van der Waals surface area contributed by atoms with Gasteiger partial charge in [-0.05, 0) is 31.0 Å². The number of alkyl halides is 3. The first-order valence-corrected chi connectivity index (χ1v) is 7.06. The van der Waals surface area contributed by atoms with Crippen molar-refractivity contribution in [2.24, 2.45) is 5.92 Å². The molecule has 0 radical (unpaired) electrons. The van der Waals surface area contributed by atoms with E-state index in [4.69, 9.17) is 0 Å². The Bertz CT molecular complexity index is 522. The molecule has 1 aromatic rings. The van der Waals surface area contributed by atoms with Crippen LogP contribution in [-0.4, -0.2) is 42.2 Å². The third-order valence-electron chi connectivity index (χ3n) is 3.66. The second kappa shape index (κ2) is 7.06. The number of nitro benzene ring substituents is 1. The molecule has 1 unspecified atom stereocenters. The minimum Gasteiger partial charge on any atom is -0.312 e. The van der Waals surface area contributed by atoms with Gasteiger partial charge >= 0.3 is 6.18 Å². The number of halogens is 3. The van der Waals surface area contributed by atoms with Crippen LogP contribution in [0.5, 0.6) is 0 Å². The molecule has 0 amide bonds. The lowest BCUT2D eigenvalue weighted by atomic mass is 10.1. The first kappa shape index (κ1) is 16.7. The predicted molar refractivity (Wildman–Crippen MR) is 75.4 cm³/mol. The molecule has 1 heterocycles. The zero-order chi connectivity index (χ0) is 16.2. The van der Waals surface area contributed by atoms with Crippen LogP contribution in [0.15, 0.2) is 24.3 Å². The molecule has 5 nitrogen and oxygen atoms in total. The van der Waals surface area contributed by atoms with E-state index in [0.717, 1.165) is 12.0 Å². The summed E-state index contributed by atoms with van der Waals surface area (Å²) >= 11 is 0. The summed E-state index contributed by atoms with van der Waals surface area (Å²) in [7, 11) is 0. The lowest BCUT2D eigenvalue weighted by Crippen LogP contribution is -2.33. The second-order valence-electron chi connectivity index (χ2n) is 5.56. The number of hydrogen-bond acceptors (Lipinski definition) is 4. The molecule has 1 fully saturated rings. The third kappa shape index (κ3) is 5.27. The van der Waals surface area contributed by atoms with E-state index in [0.29, 0.717) is 26.2 Å². The second-order valence-corrected chi connectivity index (χ2v) is 5.56. The Balaban J connectivity index is 1.73. The van der Waals surface area contributed by atoms with E-state index in [1.807, 2.05) is 0 Å². The molecule has 0 aromatic heterocycles. The maximum atomic E-state index is 12.3. The summed E-state index contributed by atoms with van der Waals surface area (Å²) in [5, 5.41) is 13.8. The average Bonchev–Trinajstić information content (AvgIpc) is 2.84. The van der Waals surface area contributed by atoms with Crippen molar-refractivity contribution in [2.45, 2.75) is 19.1 Å². The quantitative estimate of drug-likeness (QED) is 0.647. The number of nitro groups is 1. The normalized spacial score (nSPS) is 19.5. The van der Waals surface area contributed by atoms with Gasteiger partial charge in [0.2, 0.25) is 0 Å². The molecule has 22 heavy (non-hydrogen) atoms. The van der Waals surface area contributed by atoms with Gasteiger partial charge in [0.1, 0.15) is 0 Å². The topological polar surface area (TPSA) is 58.4 Å². The molecule has 1 aliphatic heterocycles. The molecule has 0 spiro atoms. The summed E-state index contributed by atoms with van der Waals surface area (Å²) in [5.41, 5.74) is 0.830. The van der Waals surface area contributed by atoms with Crippen molar-refractivity contribution in [1.82, 2.24) is 10.2 Å². The minimum absolute atomic E-state index is 0.0384. The minimum atomic E-state index is -4.15.